The van der Waals surface area contributed by atoms with Crippen molar-refractivity contribution in [2.45, 2.75) is 19.4 Å². The normalized spacial score (nSPS) is 11.6. The Morgan fingerprint density at radius 3 is 2.56 bits per heavy atom. The molecule has 0 unspecified atom stereocenters. The minimum atomic E-state index is -1.33. The summed E-state index contributed by atoms with van der Waals surface area (Å²) in [5.74, 6) is -4.18. The minimum absolute atomic E-state index is 0. The van der Waals surface area contributed by atoms with Gasteiger partial charge in [-0.2, -0.15) is 0 Å². The van der Waals surface area contributed by atoms with Gasteiger partial charge in [0, 0.05) is 17.7 Å². The van der Waals surface area contributed by atoms with Crippen LogP contribution in [0.15, 0.2) is 12.1 Å². The predicted octanol–water partition coefficient (Wildman–Crippen LogP) is 2.48. The molecule has 0 heterocycles. The highest BCUT2D eigenvalue weighted by molar-refractivity contribution is 5.85. The highest BCUT2D eigenvalue weighted by atomic mass is 35.5. The molecule has 0 aromatic heterocycles. The largest absolute Gasteiger partial charge is 0.466 e. The number of ether oxygens (including phenoxy) is 1. The number of benzene rings is 1. The van der Waals surface area contributed by atoms with Gasteiger partial charge in [0.25, 0.3) is 0 Å². The number of nitrogens with two attached hydrogens (primary N) is 1. The van der Waals surface area contributed by atoms with Gasteiger partial charge >= 0.3 is 5.97 Å². The molecule has 0 spiro atoms. The number of hydrogen-bond donors (Lipinski definition) is 1. The summed E-state index contributed by atoms with van der Waals surface area (Å²) in [6.45, 7) is 1.76. The highest BCUT2D eigenvalue weighted by Crippen LogP contribution is 2.22. The number of halogens is 4. The maximum Gasteiger partial charge on any atom is 0.307 e. The molecule has 102 valence electrons. The number of rotatable bonds is 4. The molecule has 1 aromatic carbocycles. The van der Waals surface area contributed by atoms with Crippen molar-refractivity contribution >= 4 is 18.4 Å². The average molecular weight is 284 g/mol. The molecule has 0 fully saturated rings. The Bertz CT molecular complexity index is 429. The summed E-state index contributed by atoms with van der Waals surface area (Å²) in [6.07, 6.45) is -0.340. The Labute approximate surface area is 109 Å². The zero-order valence-corrected chi connectivity index (χ0v) is 10.4. The van der Waals surface area contributed by atoms with E-state index in [1.807, 2.05) is 0 Å². The number of hydrogen-bond acceptors (Lipinski definition) is 3. The third-order valence-electron chi connectivity index (χ3n) is 2.11. The third kappa shape index (κ3) is 4.19. The van der Waals surface area contributed by atoms with Crippen LogP contribution in [0.1, 0.15) is 24.9 Å². The summed E-state index contributed by atoms with van der Waals surface area (Å²) in [5.41, 5.74) is 5.11. The van der Waals surface area contributed by atoms with Crippen molar-refractivity contribution in [2.24, 2.45) is 5.73 Å². The van der Waals surface area contributed by atoms with E-state index in [2.05, 4.69) is 4.74 Å². The molecule has 1 rings (SSSR count). The van der Waals surface area contributed by atoms with E-state index >= 15 is 0 Å². The van der Waals surface area contributed by atoms with Gasteiger partial charge in [0.1, 0.15) is 5.82 Å². The van der Waals surface area contributed by atoms with Crippen molar-refractivity contribution < 1.29 is 22.7 Å². The van der Waals surface area contributed by atoms with Crippen LogP contribution in [0.5, 0.6) is 0 Å². The van der Waals surface area contributed by atoms with Gasteiger partial charge in [0.15, 0.2) is 11.6 Å². The van der Waals surface area contributed by atoms with Crippen molar-refractivity contribution in [1.29, 1.82) is 0 Å². The SMILES string of the molecule is CCOC(=O)C[C@H](N)c1cc(F)cc(F)c1F.Cl. The van der Waals surface area contributed by atoms with E-state index in [4.69, 9.17) is 5.73 Å². The lowest BCUT2D eigenvalue weighted by Crippen LogP contribution is -2.19. The van der Waals surface area contributed by atoms with Gasteiger partial charge in [-0.1, -0.05) is 0 Å². The lowest BCUT2D eigenvalue weighted by Gasteiger charge is -2.12. The summed E-state index contributed by atoms with van der Waals surface area (Å²) >= 11 is 0. The van der Waals surface area contributed by atoms with Gasteiger partial charge in [0.2, 0.25) is 0 Å². The summed E-state index contributed by atoms with van der Waals surface area (Å²) in [4.78, 5) is 11.1. The molecule has 7 heteroatoms. The maximum absolute atomic E-state index is 13.3. The molecule has 3 nitrogen and oxygen atoms in total. The van der Waals surface area contributed by atoms with Crippen LogP contribution in [-0.2, 0) is 9.53 Å². The fourth-order valence-electron chi connectivity index (χ4n) is 1.36. The lowest BCUT2D eigenvalue weighted by atomic mass is 10.0. The smallest absolute Gasteiger partial charge is 0.307 e. The first-order valence-corrected chi connectivity index (χ1v) is 5.01. The van der Waals surface area contributed by atoms with E-state index in [0.717, 1.165) is 6.07 Å². The van der Waals surface area contributed by atoms with Crippen molar-refractivity contribution in [3.8, 4) is 0 Å². The first kappa shape index (κ1) is 16.7. The van der Waals surface area contributed by atoms with Crippen LogP contribution in [0.2, 0.25) is 0 Å². The molecule has 1 atom stereocenters. The summed E-state index contributed by atoms with van der Waals surface area (Å²) in [6, 6.07) is 0.0392. The Balaban J connectivity index is 0.00000289. The molecular weight excluding hydrogens is 271 g/mol. The van der Waals surface area contributed by atoms with Crippen LogP contribution in [0, 0.1) is 17.5 Å². The van der Waals surface area contributed by atoms with Gasteiger partial charge < -0.3 is 10.5 Å². The van der Waals surface area contributed by atoms with Gasteiger partial charge in [-0.3, -0.25) is 4.79 Å². The Morgan fingerprint density at radius 2 is 2.00 bits per heavy atom. The molecule has 0 saturated carbocycles. The van der Waals surface area contributed by atoms with E-state index in [0.29, 0.717) is 6.07 Å². The molecule has 2 N–H and O–H groups in total. The Morgan fingerprint density at radius 1 is 1.39 bits per heavy atom. The average Bonchev–Trinajstić information content (AvgIpc) is 2.23. The molecule has 18 heavy (non-hydrogen) atoms. The molecule has 0 saturated heterocycles. The van der Waals surface area contributed by atoms with E-state index in [1.54, 1.807) is 6.92 Å². The first-order valence-electron chi connectivity index (χ1n) is 5.01. The van der Waals surface area contributed by atoms with Gasteiger partial charge in [-0.25, -0.2) is 13.2 Å². The zero-order chi connectivity index (χ0) is 13.0. The molecule has 0 bridgehead atoms. The predicted molar refractivity (Wildman–Crippen MR) is 61.7 cm³/mol. The zero-order valence-electron chi connectivity index (χ0n) is 9.58. The minimum Gasteiger partial charge on any atom is -0.466 e. The summed E-state index contributed by atoms with van der Waals surface area (Å²) in [5, 5.41) is 0. The first-order chi connectivity index (χ1) is 7.95. The van der Waals surface area contributed by atoms with Crippen LogP contribution in [0.4, 0.5) is 13.2 Å². The van der Waals surface area contributed by atoms with Crippen molar-refractivity contribution in [2.75, 3.05) is 6.61 Å². The second-order valence-electron chi connectivity index (χ2n) is 3.41. The third-order valence-corrected chi connectivity index (χ3v) is 2.11. The van der Waals surface area contributed by atoms with Crippen LogP contribution >= 0.6 is 12.4 Å². The Hall–Kier alpha value is -1.27. The second kappa shape index (κ2) is 7.23. The number of carbonyl (C=O) groups is 1. The maximum atomic E-state index is 13.3. The molecule has 0 aliphatic rings. The number of esters is 1. The van der Waals surface area contributed by atoms with E-state index in [-0.39, 0.29) is 31.0 Å². The highest BCUT2D eigenvalue weighted by Gasteiger charge is 2.19. The van der Waals surface area contributed by atoms with Gasteiger partial charge in [-0.05, 0) is 13.0 Å². The molecule has 0 aliphatic carbocycles. The Kier molecular flexibility index (Phi) is 6.72. The van der Waals surface area contributed by atoms with Gasteiger partial charge in [0.05, 0.1) is 13.0 Å². The molecular formula is C11H13ClF3NO2. The van der Waals surface area contributed by atoms with Crippen LogP contribution in [0.3, 0.4) is 0 Å². The fourth-order valence-corrected chi connectivity index (χ4v) is 1.36. The molecule has 1 aromatic rings. The standard InChI is InChI=1S/C11H12F3NO2.ClH/c1-2-17-10(16)5-9(15)7-3-6(12)4-8(13)11(7)14;/h3-4,9H,2,5,15H2,1H3;1H/t9-;/m0./s1. The van der Waals surface area contributed by atoms with Crippen molar-refractivity contribution in [1.82, 2.24) is 0 Å². The fraction of sp³-hybridized carbons (Fsp3) is 0.364. The van der Waals surface area contributed by atoms with Crippen molar-refractivity contribution in [3.05, 3.63) is 35.1 Å². The monoisotopic (exact) mass is 283 g/mol. The van der Waals surface area contributed by atoms with Crippen LogP contribution < -0.4 is 5.73 Å². The molecule has 0 radical (unpaired) electrons. The molecule has 0 aliphatic heterocycles. The lowest BCUT2D eigenvalue weighted by molar-refractivity contribution is -0.143. The van der Waals surface area contributed by atoms with Crippen LogP contribution in [-0.4, -0.2) is 12.6 Å². The topological polar surface area (TPSA) is 52.3 Å². The van der Waals surface area contributed by atoms with E-state index in [9.17, 15) is 18.0 Å². The molecule has 0 amide bonds. The summed E-state index contributed by atoms with van der Waals surface area (Å²) in [7, 11) is 0. The quantitative estimate of drug-likeness (QED) is 0.682. The van der Waals surface area contributed by atoms with E-state index < -0.39 is 29.5 Å². The van der Waals surface area contributed by atoms with Crippen LogP contribution in [0.25, 0.3) is 0 Å². The second-order valence-corrected chi connectivity index (χ2v) is 3.41. The van der Waals surface area contributed by atoms with E-state index in [1.165, 1.54) is 0 Å². The van der Waals surface area contributed by atoms with Gasteiger partial charge in [-0.15, -0.1) is 12.4 Å². The number of carbonyl (C=O) groups excluding carboxylic acids is 1. The van der Waals surface area contributed by atoms with Crippen molar-refractivity contribution in [3.63, 3.8) is 0 Å². The summed E-state index contributed by atoms with van der Waals surface area (Å²) < 4.78 is 43.7.